The molecule has 30 heavy (non-hydrogen) atoms. The summed E-state index contributed by atoms with van der Waals surface area (Å²) >= 11 is 0. The van der Waals surface area contributed by atoms with Crippen LogP contribution in [0.4, 0.5) is 10.5 Å². The van der Waals surface area contributed by atoms with Crippen molar-refractivity contribution in [3.63, 3.8) is 0 Å². The Morgan fingerprint density at radius 1 is 1.13 bits per heavy atom. The number of hydrogen-bond donors (Lipinski definition) is 1. The van der Waals surface area contributed by atoms with E-state index in [-0.39, 0.29) is 17.6 Å². The maximum absolute atomic E-state index is 12.7. The lowest BCUT2D eigenvalue weighted by molar-refractivity contribution is 0.129. The largest absolute Gasteiger partial charge is 0.454 e. The van der Waals surface area contributed by atoms with Crippen molar-refractivity contribution in [2.45, 2.75) is 46.2 Å². The highest BCUT2D eigenvalue weighted by atomic mass is 16.5. The van der Waals surface area contributed by atoms with Crippen LogP contribution >= 0.6 is 0 Å². The molecular weight excluding hydrogens is 376 g/mol. The molecule has 0 spiro atoms. The van der Waals surface area contributed by atoms with Crippen LogP contribution in [-0.4, -0.2) is 52.9 Å². The van der Waals surface area contributed by atoms with E-state index in [2.05, 4.69) is 36.2 Å². The molecule has 2 amide bonds. The molecule has 0 aromatic heterocycles. The van der Waals surface area contributed by atoms with Crippen LogP contribution in [0.5, 0.6) is 11.5 Å². The third kappa shape index (κ3) is 4.13. The third-order valence-electron chi connectivity index (χ3n) is 5.36. The summed E-state index contributed by atoms with van der Waals surface area (Å²) in [6.07, 6.45) is 0. The van der Waals surface area contributed by atoms with Crippen LogP contribution in [0.2, 0.25) is 0 Å². The van der Waals surface area contributed by atoms with Crippen molar-refractivity contribution < 1.29 is 9.53 Å². The zero-order valence-corrected chi connectivity index (χ0v) is 18.4. The average Bonchev–Trinajstić information content (AvgIpc) is 2.82. The van der Waals surface area contributed by atoms with E-state index in [1.807, 2.05) is 56.0 Å². The monoisotopic (exact) mass is 406 g/mol. The number of fused-ring (bicyclic) bond motifs is 2. The van der Waals surface area contributed by atoms with Crippen molar-refractivity contribution in [3.05, 3.63) is 53.6 Å². The molecule has 0 aliphatic carbocycles. The Morgan fingerprint density at radius 2 is 1.90 bits per heavy atom. The van der Waals surface area contributed by atoms with Crippen LogP contribution in [0.3, 0.4) is 0 Å². The van der Waals surface area contributed by atoms with Gasteiger partial charge in [0.05, 0.1) is 5.56 Å². The highest BCUT2D eigenvalue weighted by Crippen LogP contribution is 2.38. The van der Waals surface area contributed by atoms with Gasteiger partial charge in [0.15, 0.2) is 5.75 Å². The Balaban J connectivity index is 1.63. The van der Waals surface area contributed by atoms with Crippen molar-refractivity contribution in [1.29, 1.82) is 0 Å². The topological polar surface area (TPSA) is 57.2 Å². The van der Waals surface area contributed by atoms with Crippen LogP contribution in [0.25, 0.3) is 0 Å². The number of hydrogen-bond acceptors (Lipinski definition) is 4. The second-order valence-corrected chi connectivity index (χ2v) is 9.17. The maximum Gasteiger partial charge on any atom is 0.318 e. The lowest BCUT2D eigenvalue weighted by Gasteiger charge is -2.42. The van der Waals surface area contributed by atoms with Gasteiger partial charge in [-0.15, -0.1) is 0 Å². The van der Waals surface area contributed by atoms with Crippen molar-refractivity contribution in [2.75, 3.05) is 19.6 Å². The Bertz CT molecular complexity index is 993. The van der Waals surface area contributed by atoms with E-state index in [4.69, 9.17) is 9.73 Å². The molecule has 2 aromatic rings. The van der Waals surface area contributed by atoms with Gasteiger partial charge in [-0.1, -0.05) is 18.2 Å². The molecule has 1 fully saturated rings. The summed E-state index contributed by atoms with van der Waals surface area (Å²) < 4.78 is 6.23. The fraction of sp³-hybridized carbons (Fsp3) is 0.417. The van der Waals surface area contributed by atoms with Gasteiger partial charge in [-0.25, -0.2) is 9.79 Å². The molecule has 1 saturated heterocycles. The van der Waals surface area contributed by atoms with Gasteiger partial charge >= 0.3 is 6.03 Å². The van der Waals surface area contributed by atoms with Crippen molar-refractivity contribution >= 4 is 17.6 Å². The number of piperazine rings is 1. The number of rotatable bonds is 0. The Morgan fingerprint density at radius 3 is 2.63 bits per heavy atom. The molecule has 1 N–H and O–H groups in total. The van der Waals surface area contributed by atoms with Crippen molar-refractivity contribution in [2.24, 2.45) is 4.99 Å². The summed E-state index contributed by atoms with van der Waals surface area (Å²) in [5.74, 6) is 2.48. The number of para-hydroxylation sites is 1. The van der Waals surface area contributed by atoms with Gasteiger partial charge < -0.3 is 19.9 Å². The lowest BCUT2D eigenvalue weighted by Crippen LogP contribution is -2.59. The Hall–Kier alpha value is -3.02. The van der Waals surface area contributed by atoms with E-state index < -0.39 is 0 Å². The zero-order valence-electron chi connectivity index (χ0n) is 18.4. The second kappa shape index (κ2) is 7.67. The molecule has 2 aromatic carbocycles. The van der Waals surface area contributed by atoms with Crippen LogP contribution in [0, 0.1) is 6.92 Å². The first-order chi connectivity index (χ1) is 14.2. The highest BCUT2D eigenvalue weighted by molar-refractivity contribution is 6.03. The minimum atomic E-state index is -0.253. The van der Waals surface area contributed by atoms with E-state index in [1.54, 1.807) is 0 Å². The molecule has 4 rings (SSSR count). The summed E-state index contributed by atoms with van der Waals surface area (Å²) in [6.45, 7) is 12.2. The SMILES string of the molecule is Cc1ccc2c(c1)Oc1ccccc1C(N1CCN(C(=O)NC(C)(C)C)C(C)C1)=N2. The molecule has 2 aliphatic rings. The third-order valence-corrected chi connectivity index (χ3v) is 5.36. The summed E-state index contributed by atoms with van der Waals surface area (Å²) in [4.78, 5) is 21.9. The first-order valence-corrected chi connectivity index (χ1v) is 10.5. The number of aliphatic imine (C=N–C) groups is 1. The van der Waals surface area contributed by atoms with Gasteiger partial charge in [-0.3, -0.25) is 0 Å². The molecule has 158 valence electrons. The van der Waals surface area contributed by atoms with E-state index in [0.717, 1.165) is 40.7 Å². The van der Waals surface area contributed by atoms with Gasteiger partial charge in [0.25, 0.3) is 0 Å². The maximum atomic E-state index is 12.7. The van der Waals surface area contributed by atoms with E-state index >= 15 is 0 Å². The van der Waals surface area contributed by atoms with E-state index in [0.29, 0.717) is 13.1 Å². The summed E-state index contributed by atoms with van der Waals surface area (Å²) in [6, 6.07) is 14.2. The molecule has 2 aliphatic heterocycles. The van der Waals surface area contributed by atoms with Crippen molar-refractivity contribution in [1.82, 2.24) is 15.1 Å². The summed E-state index contributed by atoms with van der Waals surface area (Å²) in [5, 5.41) is 3.08. The number of amidine groups is 1. The number of carbonyl (C=O) groups excluding carboxylic acids is 1. The fourth-order valence-corrected chi connectivity index (χ4v) is 3.91. The lowest BCUT2D eigenvalue weighted by atomic mass is 10.1. The molecule has 1 atom stereocenters. The van der Waals surface area contributed by atoms with Crippen LogP contribution < -0.4 is 10.1 Å². The molecule has 2 heterocycles. The van der Waals surface area contributed by atoms with Gasteiger partial charge in [0.1, 0.15) is 17.3 Å². The van der Waals surface area contributed by atoms with Gasteiger partial charge in [0.2, 0.25) is 0 Å². The smallest absolute Gasteiger partial charge is 0.318 e. The average molecular weight is 407 g/mol. The minimum absolute atomic E-state index is 0.0120. The quantitative estimate of drug-likeness (QED) is 0.690. The number of nitrogens with one attached hydrogen (secondary N) is 1. The highest BCUT2D eigenvalue weighted by Gasteiger charge is 2.32. The Kier molecular flexibility index (Phi) is 5.18. The standard InChI is InChI=1S/C24H30N4O2/c1-16-10-11-19-21(14-16)30-20-9-7-6-8-18(20)22(25-19)27-12-13-28(17(2)15-27)23(29)26-24(3,4)5/h6-11,14,17H,12-13,15H2,1-5H3,(H,26,29). The number of ether oxygens (including phenoxy) is 1. The first kappa shape index (κ1) is 20.3. The number of aryl methyl sites for hydroxylation is 1. The van der Waals surface area contributed by atoms with Gasteiger partial charge in [-0.05, 0) is 64.4 Å². The number of nitrogens with zero attached hydrogens (tertiary/aromatic N) is 3. The fourth-order valence-electron chi connectivity index (χ4n) is 3.91. The molecule has 6 nitrogen and oxygen atoms in total. The predicted octanol–water partition coefficient (Wildman–Crippen LogP) is 4.69. The van der Waals surface area contributed by atoms with Gasteiger partial charge in [0, 0.05) is 31.2 Å². The summed E-state index contributed by atoms with van der Waals surface area (Å²) in [7, 11) is 0. The van der Waals surface area contributed by atoms with Crippen LogP contribution in [0.1, 0.15) is 38.8 Å². The van der Waals surface area contributed by atoms with Crippen LogP contribution in [0.15, 0.2) is 47.5 Å². The molecule has 1 unspecified atom stereocenters. The normalized spacial score (nSPS) is 18.6. The number of benzene rings is 2. The zero-order chi connectivity index (χ0) is 21.5. The van der Waals surface area contributed by atoms with Gasteiger partial charge in [-0.2, -0.15) is 0 Å². The molecule has 6 heteroatoms. The number of amides is 2. The first-order valence-electron chi connectivity index (χ1n) is 10.5. The second-order valence-electron chi connectivity index (χ2n) is 9.17. The van der Waals surface area contributed by atoms with E-state index in [1.165, 1.54) is 0 Å². The van der Waals surface area contributed by atoms with Crippen molar-refractivity contribution in [3.8, 4) is 11.5 Å². The van der Waals surface area contributed by atoms with E-state index in [9.17, 15) is 4.79 Å². The minimum Gasteiger partial charge on any atom is -0.454 e. The molecular formula is C24H30N4O2. The molecule has 0 radical (unpaired) electrons. The summed E-state index contributed by atoms with van der Waals surface area (Å²) in [5.41, 5.74) is 2.69. The van der Waals surface area contributed by atoms with Crippen LogP contribution in [-0.2, 0) is 0 Å². The molecule has 0 saturated carbocycles. The number of carbonyl (C=O) groups is 1. The predicted molar refractivity (Wildman–Crippen MR) is 120 cm³/mol. The Labute approximate surface area is 178 Å². The number of urea groups is 1. The molecule has 0 bridgehead atoms.